The van der Waals surface area contributed by atoms with Crippen LogP contribution in [0.1, 0.15) is 24.0 Å². The number of nitrogens with zero attached hydrogens (tertiary/aromatic N) is 1. The number of aliphatic hydroxyl groups excluding tert-OH is 2. The highest BCUT2D eigenvalue weighted by molar-refractivity contribution is 5.51. The van der Waals surface area contributed by atoms with Crippen molar-refractivity contribution in [3.8, 4) is 0 Å². The van der Waals surface area contributed by atoms with Gasteiger partial charge >= 0.3 is 0 Å². The van der Waals surface area contributed by atoms with Crippen LogP contribution < -0.4 is 4.90 Å². The van der Waals surface area contributed by atoms with Crippen molar-refractivity contribution in [1.82, 2.24) is 0 Å². The molecule has 1 fully saturated rings. The van der Waals surface area contributed by atoms with Crippen molar-refractivity contribution in [3.05, 3.63) is 29.3 Å². The van der Waals surface area contributed by atoms with E-state index in [0.717, 1.165) is 37.1 Å². The van der Waals surface area contributed by atoms with E-state index in [4.69, 9.17) is 9.84 Å². The van der Waals surface area contributed by atoms with E-state index in [1.54, 1.807) is 0 Å². The third-order valence-corrected chi connectivity index (χ3v) is 3.75. The van der Waals surface area contributed by atoms with Crippen LogP contribution in [0, 0.1) is 6.92 Å². The van der Waals surface area contributed by atoms with Gasteiger partial charge < -0.3 is 19.8 Å². The van der Waals surface area contributed by atoms with Gasteiger partial charge in [0, 0.05) is 18.8 Å². The predicted octanol–water partition coefficient (Wildman–Crippen LogP) is 1.47. The third kappa shape index (κ3) is 3.69. The van der Waals surface area contributed by atoms with E-state index in [1.165, 1.54) is 5.69 Å². The van der Waals surface area contributed by atoms with Crippen molar-refractivity contribution in [2.45, 2.75) is 32.5 Å². The Morgan fingerprint density at radius 1 is 1.26 bits per heavy atom. The first-order valence-electron chi connectivity index (χ1n) is 6.92. The maximum atomic E-state index is 9.19. The summed E-state index contributed by atoms with van der Waals surface area (Å²) in [4.78, 5) is 2.35. The molecule has 1 aromatic rings. The molecule has 0 radical (unpaired) electrons. The lowest BCUT2D eigenvalue weighted by Crippen LogP contribution is -2.37. The fourth-order valence-corrected chi connectivity index (χ4v) is 2.55. The molecule has 1 aromatic carbocycles. The molecule has 4 heteroatoms. The zero-order valence-electron chi connectivity index (χ0n) is 11.5. The number of aliphatic hydroxyl groups is 2. The SMILES string of the molecule is Cc1cc(N2CCC(OCCO)CC2)ccc1CO. The highest BCUT2D eigenvalue weighted by Gasteiger charge is 2.19. The van der Waals surface area contributed by atoms with E-state index in [1.807, 2.05) is 13.0 Å². The van der Waals surface area contributed by atoms with Gasteiger partial charge in [0.25, 0.3) is 0 Å². The average molecular weight is 265 g/mol. The maximum absolute atomic E-state index is 9.19. The molecule has 0 bridgehead atoms. The fourth-order valence-electron chi connectivity index (χ4n) is 2.55. The first-order chi connectivity index (χ1) is 9.24. The molecular weight excluding hydrogens is 242 g/mol. The van der Waals surface area contributed by atoms with E-state index in [2.05, 4.69) is 17.0 Å². The molecule has 0 amide bonds. The van der Waals surface area contributed by atoms with Crippen LogP contribution in [0.5, 0.6) is 0 Å². The summed E-state index contributed by atoms with van der Waals surface area (Å²) < 4.78 is 5.57. The monoisotopic (exact) mass is 265 g/mol. The van der Waals surface area contributed by atoms with Crippen LogP contribution in [0.25, 0.3) is 0 Å². The van der Waals surface area contributed by atoms with Gasteiger partial charge in [-0.3, -0.25) is 0 Å². The van der Waals surface area contributed by atoms with Gasteiger partial charge in [-0.05, 0) is 43.0 Å². The van der Waals surface area contributed by atoms with Gasteiger partial charge in [-0.1, -0.05) is 6.07 Å². The topological polar surface area (TPSA) is 52.9 Å². The van der Waals surface area contributed by atoms with Crippen molar-refractivity contribution < 1.29 is 14.9 Å². The number of hydrogen-bond acceptors (Lipinski definition) is 4. The zero-order chi connectivity index (χ0) is 13.7. The smallest absolute Gasteiger partial charge is 0.0701 e. The first-order valence-corrected chi connectivity index (χ1v) is 6.92. The Balaban J connectivity index is 1.92. The largest absolute Gasteiger partial charge is 0.394 e. The minimum atomic E-state index is 0.0992. The van der Waals surface area contributed by atoms with Crippen LogP contribution in [-0.4, -0.2) is 42.6 Å². The van der Waals surface area contributed by atoms with Crippen LogP contribution in [0.15, 0.2) is 18.2 Å². The van der Waals surface area contributed by atoms with E-state index in [-0.39, 0.29) is 19.3 Å². The molecule has 0 aliphatic carbocycles. The second-order valence-electron chi connectivity index (χ2n) is 5.05. The van der Waals surface area contributed by atoms with Crippen molar-refractivity contribution >= 4 is 5.69 Å². The Kier molecular flexibility index (Phi) is 5.19. The number of aryl methyl sites for hydroxylation is 1. The minimum Gasteiger partial charge on any atom is -0.394 e. The molecule has 2 N–H and O–H groups in total. The quantitative estimate of drug-likeness (QED) is 0.846. The molecule has 0 atom stereocenters. The summed E-state index contributed by atoms with van der Waals surface area (Å²) >= 11 is 0. The Morgan fingerprint density at radius 2 is 2.00 bits per heavy atom. The molecule has 1 saturated heterocycles. The third-order valence-electron chi connectivity index (χ3n) is 3.75. The van der Waals surface area contributed by atoms with E-state index in [9.17, 15) is 5.11 Å². The molecule has 1 aliphatic heterocycles. The highest BCUT2D eigenvalue weighted by atomic mass is 16.5. The maximum Gasteiger partial charge on any atom is 0.0701 e. The van der Waals surface area contributed by atoms with E-state index in [0.29, 0.717) is 6.61 Å². The standard InChI is InChI=1S/C15H23NO3/c1-12-10-14(3-2-13(12)11-18)16-6-4-15(5-7-16)19-9-8-17/h2-3,10,15,17-18H,4-9,11H2,1H3. The zero-order valence-corrected chi connectivity index (χ0v) is 11.5. The molecule has 2 rings (SSSR count). The van der Waals surface area contributed by atoms with Crippen molar-refractivity contribution in [2.75, 3.05) is 31.2 Å². The highest BCUT2D eigenvalue weighted by Crippen LogP contribution is 2.23. The number of benzene rings is 1. The summed E-state index contributed by atoms with van der Waals surface area (Å²) in [5.41, 5.74) is 3.35. The summed E-state index contributed by atoms with van der Waals surface area (Å²) in [5, 5.41) is 17.9. The molecule has 1 aliphatic rings. The van der Waals surface area contributed by atoms with Crippen LogP contribution >= 0.6 is 0 Å². The molecule has 0 aromatic heterocycles. The van der Waals surface area contributed by atoms with Crippen LogP contribution in [-0.2, 0) is 11.3 Å². The Bertz CT molecular complexity index is 400. The number of hydrogen-bond donors (Lipinski definition) is 2. The van der Waals surface area contributed by atoms with E-state index >= 15 is 0 Å². The first kappa shape index (κ1) is 14.3. The number of ether oxygens (including phenoxy) is 1. The van der Waals surface area contributed by atoms with Gasteiger partial charge in [-0.2, -0.15) is 0 Å². The predicted molar refractivity (Wildman–Crippen MR) is 75.4 cm³/mol. The van der Waals surface area contributed by atoms with Gasteiger partial charge in [0.05, 0.1) is 25.9 Å². The van der Waals surface area contributed by atoms with Crippen molar-refractivity contribution in [1.29, 1.82) is 0 Å². The number of piperidine rings is 1. The lowest BCUT2D eigenvalue weighted by atomic mass is 10.0. The second kappa shape index (κ2) is 6.89. The number of anilines is 1. The molecular formula is C15H23NO3. The summed E-state index contributed by atoms with van der Waals surface area (Å²) in [6, 6.07) is 6.22. The lowest BCUT2D eigenvalue weighted by Gasteiger charge is -2.33. The summed E-state index contributed by atoms with van der Waals surface area (Å²) in [7, 11) is 0. The van der Waals surface area contributed by atoms with Crippen LogP contribution in [0.2, 0.25) is 0 Å². The van der Waals surface area contributed by atoms with Gasteiger partial charge in [0.1, 0.15) is 0 Å². The Labute approximate surface area is 114 Å². The molecule has 19 heavy (non-hydrogen) atoms. The summed E-state index contributed by atoms with van der Waals surface area (Å²) in [6.07, 6.45) is 2.28. The average Bonchev–Trinajstić information content (AvgIpc) is 2.45. The molecule has 0 spiro atoms. The van der Waals surface area contributed by atoms with Crippen LogP contribution in [0.4, 0.5) is 5.69 Å². The summed E-state index contributed by atoms with van der Waals surface area (Å²) in [6.45, 7) is 4.63. The second-order valence-corrected chi connectivity index (χ2v) is 5.05. The summed E-state index contributed by atoms with van der Waals surface area (Å²) in [5.74, 6) is 0. The molecule has 0 unspecified atom stereocenters. The fraction of sp³-hybridized carbons (Fsp3) is 0.600. The van der Waals surface area contributed by atoms with Gasteiger partial charge in [-0.15, -0.1) is 0 Å². The van der Waals surface area contributed by atoms with Crippen molar-refractivity contribution in [3.63, 3.8) is 0 Å². The van der Waals surface area contributed by atoms with E-state index < -0.39 is 0 Å². The van der Waals surface area contributed by atoms with Crippen molar-refractivity contribution in [2.24, 2.45) is 0 Å². The number of rotatable bonds is 5. The Morgan fingerprint density at radius 3 is 2.58 bits per heavy atom. The Hall–Kier alpha value is -1.10. The van der Waals surface area contributed by atoms with Crippen LogP contribution in [0.3, 0.4) is 0 Å². The van der Waals surface area contributed by atoms with Gasteiger partial charge in [0.2, 0.25) is 0 Å². The lowest BCUT2D eigenvalue weighted by molar-refractivity contribution is 0.0159. The molecule has 4 nitrogen and oxygen atoms in total. The molecule has 1 heterocycles. The normalized spacial score (nSPS) is 16.9. The molecule has 106 valence electrons. The van der Waals surface area contributed by atoms with Gasteiger partial charge in [0.15, 0.2) is 0 Å². The minimum absolute atomic E-state index is 0.0992. The van der Waals surface area contributed by atoms with Gasteiger partial charge in [-0.25, -0.2) is 0 Å². The molecule has 0 saturated carbocycles.